The average molecular weight is 766 g/mol. The normalized spacial score (nSPS) is 14.5. The SMILES string of the molecule is COc1cc(Cn2c3ccccc3c3c(OCC[C@H](OC)C(=O)N4C(=O)OCC4Cc4ccccc4)cccc32)ccc1OCc1nc(-c2ccccc2)oc1C. The molecular formula is C46H43N3O8. The van der Waals surface area contributed by atoms with E-state index >= 15 is 0 Å². The minimum absolute atomic E-state index is 0.142. The van der Waals surface area contributed by atoms with E-state index in [0.717, 1.165) is 44.2 Å². The molecule has 7 aromatic rings. The van der Waals surface area contributed by atoms with Crippen molar-refractivity contribution in [2.45, 2.75) is 45.1 Å². The van der Waals surface area contributed by atoms with Crippen LogP contribution in [-0.2, 0) is 33.8 Å². The van der Waals surface area contributed by atoms with E-state index in [1.54, 1.807) is 7.11 Å². The van der Waals surface area contributed by atoms with Gasteiger partial charge in [0.15, 0.2) is 11.5 Å². The summed E-state index contributed by atoms with van der Waals surface area (Å²) in [5, 5.41) is 2.00. The van der Waals surface area contributed by atoms with E-state index in [4.69, 9.17) is 28.1 Å². The molecule has 0 saturated carbocycles. The largest absolute Gasteiger partial charge is 0.493 e. The van der Waals surface area contributed by atoms with Crippen LogP contribution in [0.15, 0.2) is 126 Å². The van der Waals surface area contributed by atoms with Gasteiger partial charge in [0.25, 0.3) is 5.91 Å². The topological polar surface area (TPSA) is 114 Å². The number of nitrogens with zero attached hydrogens (tertiary/aromatic N) is 3. The number of aryl methyl sites for hydroxylation is 1. The second-order valence-electron chi connectivity index (χ2n) is 13.9. The Labute approximate surface area is 330 Å². The Morgan fingerprint density at radius 1 is 0.825 bits per heavy atom. The smallest absolute Gasteiger partial charge is 0.417 e. The molecule has 0 radical (unpaired) electrons. The Kier molecular flexibility index (Phi) is 10.9. The molecular weight excluding hydrogens is 723 g/mol. The number of oxazole rings is 1. The van der Waals surface area contributed by atoms with Crippen molar-refractivity contribution in [3.05, 3.63) is 144 Å². The van der Waals surface area contributed by atoms with Crippen LogP contribution < -0.4 is 14.2 Å². The van der Waals surface area contributed by atoms with Gasteiger partial charge in [-0.15, -0.1) is 0 Å². The highest BCUT2D eigenvalue weighted by Gasteiger charge is 2.41. The Hall–Kier alpha value is -6.59. The van der Waals surface area contributed by atoms with Gasteiger partial charge in [-0.25, -0.2) is 14.7 Å². The summed E-state index contributed by atoms with van der Waals surface area (Å²) in [6, 6.07) is 39.2. The highest BCUT2D eigenvalue weighted by molar-refractivity contribution is 6.11. The van der Waals surface area contributed by atoms with E-state index in [0.29, 0.717) is 41.9 Å². The standard InChI is InChI=1S/C46H43N3O8/c1-30-36(47-44(57-30)33-15-8-5-9-16-33)29-55-39-22-21-32(26-42(39)53-3)27-48-37-18-11-10-17-35(37)43-38(48)19-12-20-40(43)54-24-23-41(52-2)45(50)49-34(28-56-46(49)51)25-31-13-6-4-7-14-31/h4-22,26,34,41H,23-25,27-29H2,1-3H3/t34?,41-/m0/s1. The monoisotopic (exact) mass is 765 g/mol. The van der Waals surface area contributed by atoms with Crippen LogP contribution in [0.1, 0.15) is 29.0 Å². The third-order valence-corrected chi connectivity index (χ3v) is 10.3. The van der Waals surface area contributed by atoms with Crippen molar-refractivity contribution in [2.24, 2.45) is 0 Å². The number of rotatable bonds is 15. The summed E-state index contributed by atoms with van der Waals surface area (Å²) in [6.45, 7) is 3.00. The molecule has 1 aliphatic heterocycles. The molecule has 5 aromatic carbocycles. The first-order chi connectivity index (χ1) is 27.9. The third kappa shape index (κ3) is 7.79. The second kappa shape index (κ2) is 16.6. The van der Waals surface area contributed by atoms with Crippen molar-refractivity contribution < 1.29 is 37.7 Å². The van der Waals surface area contributed by atoms with Crippen molar-refractivity contribution >= 4 is 33.8 Å². The fourth-order valence-electron chi connectivity index (χ4n) is 7.42. The van der Waals surface area contributed by atoms with Crippen LogP contribution in [0.4, 0.5) is 4.79 Å². The van der Waals surface area contributed by atoms with Gasteiger partial charge >= 0.3 is 6.09 Å². The van der Waals surface area contributed by atoms with Gasteiger partial charge < -0.3 is 32.7 Å². The number of imide groups is 1. The third-order valence-electron chi connectivity index (χ3n) is 10.3. The number of aromatic nitrogens is 2. The van der Waals surface area contributed by atoms with Crippen LogP contribution in [-0.4, -0.2) is 66.0 Å². The van der Waals surface area contributed by atoms with Crippen LogP contribution in [0.5, 0.6) is 17.2 Å². The van der Waals surface area contributed by atoms with Gasteiger partial charge in [-0.05, 0) is 66.9 Å². The Morgan fingerprint density at radius 3 is 2.37 bits per heavy atom. The number of ether oxygens (including phenoxy) is 5. The second-order valence-corrected chi connectivity index (χ2v) is 13.9. The average Bonchev–Trinajstić information content (AvgIpc) is 3.91. The molecule has 0 bridgehead atoms. The molecule has 57 heavy (non-hydrogen) atoms. The summed E-state index contributed by atoms with van der Waals surface area (Å²) in [4.78, 5) is 32.2. The van der Waals surface area contributed by atoms with E-state index < -0.39 is 24.1 Å². The van der Waals surface area contributed by atoms with E-state index in [9.17, 15) is 9.59 Å². The van der Waals surface area contributed by atoms with Crippen molar-refractivity contribution in [3.8, 4) is 28.7 Å². The van der Waals surface area contributed by atoms with Crippen LogP contribution in [0.3, 0.4) is 0 Å². The summed E-state index contributed by atoms with van der Waals surface area (Å²) in [6.07, 6.45) is -0.796. The van der Waals surface area contributed by atoms with E-state index in [2.05, 4.69) is 27.8 Å². The lowest BCUT2D eigenvalue weighted by Gasteiger charge is -2.24. The summed E-state index contributed by atoms with van der Waals surface area (Å²) in [5.74, 6) is 2.72. The first-order valence-corrected chi connectivity index (χ1v) is 18.9. The van der Waals surface area contributed by atoms with Crippen LogP contribution >= 0.6 is 0 Å². The summed E-state index contributed by atoms with van der Waals surface area (Å²) in [7, 11) is 3.10. The lowest BCUT2D eigenvalue weighted by Crippen LogP contribution is -2.46. The molecule has 2 aromatic heterocycles. The molecule has 1 aliphatic rings. The number of carbonyl (C=O) groups is 2. The molecule has 8 rings (SSSR count). The number of methoxy groups -OCH3 is 2. The zero-order valence-electron chi connectivity index (χ0n) is 32.1. The van der Waals surface area contributed by atoms with Crippen LogP contribution in [0.2, 0.25) is 0 Å². The Bertz CT molecular complexity index is 2510. The predicted molar refractivity (Wildman–Crippen MR) is 216 cm³/mol. The fourth-order valence-corrected chi connectivity index (χ4v) is 7.42. The van der Waals surface area contributed by atoms with Gasteiger partial charge in [0.2, 0.25) is 5.89 Å². The molecule has 2 atom stereocenters. The zero-order valence-corrected chi connectivity index (χ0v) is 32.1. The van der Waals surface area contributed by atoms with Gasteiger partial charge in [-0.2, -0.15) is 0 Å². The fraction of sp³-hybridized carbons (Fsp3) is 0.239. The lowest BCUT2D eigenvalue weighted by molar-refractivity contribution is -0.140. The summed E-state index contributed by atoms with van der Waals surface area (Å²) in [5.41, 5.74) is 5.69. The molecule has 11 nitrogen and oxygen atoms in total. The number of carbonyl (C=O) groups excluding carboxylic acids is 2. The molecule has 0 spiro atoms. The van der Waals surface area contributed by atoms with Gasteiger partial charge in [-0.1, -0.05) is 78.9 Å². The van der Waals surface area contributed by atoms with Gasteiger partial charge in [0.1, 0.15) is 36.5 Å². The number of hydrogen-bond donors (Lipinski definition) is 0. The van der Waals surface area contributed by atoms with Gasteiger partial charge in [0.05, 0.1) is 25.3 Å². The van der Waals surface area contributed by atoms with Crippen molar-refractivity contribution in [2.75, 3.05) is 27.4 Å². The minimum atomic E-state index is -0.886. The minimum Gasteiger partial charge on any atom is -0.493 e. The lowest BCUT2D eigenvalue weighted by atomic mass is 10.1. The van der Waals surface area contributed by atoms with Crippen LogP contribution in [0.25, 0.3) is 33.3 Å². The van der Waals surface area contributed by atoms with E-state index in [1.165, 1.54) is 12.0 Å². The maximum atomic E-state index is 13.6. The first-order valence-electron chi connectivity index (χ1n) is 18.9. The first kappa shape index (κ1) is 37.3. The van der Waals surface area contributed by atoms with Gasteiger partial charge in [-0.3, -0.25) is 4.79 Å². The predicted octanol–water partition coefficient (Wildman–Crippen LogP) is 8.77. The van der Waals surface area contributed by atoms with Crippen molar-refractivity contribution in [1.82, 2.24) is 14.5 Å². The highest BCUT2D eigenvalue weighted by atomic mass is 16.6. The van der Waals surface area contributed by atoms with Crippen molar-refractivity contribution in [3.63, 3.8) is 0 Å². The van der Waals surface area contributed by atoms with E-state index in [-0.39, 0.29) is 26.2 Å². The number of para-hydroxylation sites is 1. The number of amides is 2. The van der Waals surface area contributed by atoms with Gasteiger partial charge in [0, 0.05) is 41.9 Å². The molecule has 1 saturated heterocycles. The molecule has 2 amide bonds. The molecule has 1 fully saturated rings. The number of benzene rings is 5. The molecule has 1 unspecified atom stereocenters. The highest BCUT2D eigenvalue weighted by Crippen LogP contribution is 2.37. The zero-order chi connectivity index (χ0) is 39.3. The molecule has 290 valence electrons. The molecule has 0 N–H and O–H groups in total. The van der Waals surface area contributed by atoms with Crippen LogP contribution in [0, 0.1) is 6.92 Å². The maximum Gasteiger partial charge on any atom is 0.417 e. The summed E-state index contributed by atoms with van der Waals surface area (Å²) >= 11 is 0. The quantitative estimate of drug-likeness (QED) is 0.101. The number of fused-ring (bicyclic) bond motifs is 3. The molecule has 11 heteroatoms. The maximum absolute atomic E-state index is 13.6. The summed E-state index contributed by atoms with van der Waals surface area (Å²) < 4.78 is 37.5. The van der Waals surface area contributed by atoms with E-state index in [1.807, 2.05) is 110 Å². The number of hydrogen-bond acceptors (Lipinski definition) is 9. The molecule has 0 aliphatic carbocycles. The Balaban J connectivity index is 0.973. The molecule has 3 heterocycles. The van der Waals surface area contributed by atoms with Crippen molar-refractivity contribution in [1.29, 1.82) is 0 Å². The number of cyclic esters (lactones) is 1. The Morgan fingerprint density at radius 2 is 1.58 bits per heavy atom.